The first-order chi connectivity index (χ1) is 6.74. The summed E-state index contributed by atoms with van der Waals surface area (Å²) in [6, 6.07) is 4.98. The first-order valence-corrected chi connectivity index (χ1v) is 4.86. The number of rotatable bonds is 5. The van der Waals surface area contributed by atoms with Crippen molar-refractivity contribution in [2.45, 2.75) is 25.7 Å². The van der Waals surface area contributed by atoms with Gasteiger partial charge in [-0.25, -0.2) is 0 Å². The maximum Gasteiger partial charge on any atom is 0.157 e. The second-order valence-electron chi connectivity index (χ2n) is 3.36. The fraction of sp³-hybridized carbons (Fsp3) is 0.333. The van der Waals surface area contributed by atoms with E-state index in [0.29, 0.717) is 0 Å². The fourth-order valence-corrected chi connectivity index (χ4v) is 1.34. The van der Waals surface area contributed by atoms with Crippen LogP contribution in [0.3, 0.4) is 0 Å². The van der Waals surface area contributed by atoms with Crippen molar-refractivity contribution < 1.29 is 10.2 Å². The first-order valence-electron chi connectivity index (χ1n) is 4.86. The second-order valence-corrected chi connectivity index (χ2v) is 3.36. The van der Waals surface area contributed by atoms with Crippen LogP contribution < -0.4 is 0 Å². The van der Waals surface area contributed by atoms with Gasteiger partial charge in [0, 0.05) is 0 Å². The van der Waals surface area contributed by atoms with Gasteiger partial charge in [0.25, 0.3) is 0 Å². The highest BCUT2D eigenvalue weighted by Crippen LogP contribution is 2.25. The van der Waals surface area contributed by atoms with Gasteiger partial charge in [-0.15, -0.1) is 6.58 Å². The van der Waals surface area contributed by atoms with Gasteiger partial charge in [-0.2, -0.15) is 0 Å². The van der Waals surface area contributed by atoms with Crippen LogP contribution in [0, 0.1) is 0 Å². The van der Waals surface area contributed by atoms with E-state index in [4.69, 9.17) is 5.11 Å². The van der Waals surface area contributed by atoms with E-state index < -0.39 is 0 Å². The van der Waals surface area contributed by atoms with Gasteiger partial charge >= 0.3 is 0 Å². The first kappa shape index (κ1) is 10.6. The van der Waals surface area contributed by atoms with Gasteiger partial charge in [0.05, 0.1) is 0 Å². The number of benzene rings is 1. The minimum Gasteiger partial charge on any atom is -0.504 e. The van der Waals surface area contributed by atoms with Crippen molar-refractivity contribution in [1.82, 2.24) is 0 Å². The maximum absolute atomic E-state index is 9.24. The van der Waals surface area contributed by atoms with Crippen molar-refractivity contribution in [2.75, 3.05) is 0 Å². The Kier molecular flexibility index (Phi) is 4.05. The van der Waals surface area contributed by atoms with E-state index in [-0.39, 0.29) is 11.5 Å². The van der Waals surface area contributed by atoms with E-state index >= 15 is 0 Å². The largest absolute Gasteiger partial charge is 0.504 e. The Balaban J connectivity index is 2.43. The third kappa shape index (κ3) is 3.13. The molecule has 0 aliphatic heterocycles. The summed E-state index contributed by atoms with van der Waals surface area (Å²) in [7, 11) is 0. The average Bonchev–Trinajstić information content (AvgIpc) is 2.18. The molecule has 2 heteroatoms. The van der Waals surface area contributed by atoms with Crippen LogP contribution >= 0.6 is 0 Å². The van der Waals surface area contributed by atoms with E-state index in [9.17, 15) is 5.11 Å². The summed E-state index contributed by atoms with van der Waals surface area (Å²) in [5, 5.41) is 18.3. The van der Waals surface area contributed by atoms with Gasteiger partial charge in [-0.1, -0.05) is 12.1 Å². The van der Waals surface area contributed by atoms with Crippen LogP contribution in [0.5, 0.6) is 11.5 Å². The predicted molar refractivity (Wildman–Crippen MR) is 57.5 cm³/mol. The predicted octanol–water partition coefficient (Wildman–Crippen LogP) is 3.00. The van der Waals surface area contributed by atoms with Crippen LogP contribution in [-0.4, -0.2) is 10.2 Å². The van der Waals surface area contributed by atoms with Gasteiger partial charge in [0.15, 0.2) is 11.5 Å². The third-order valence-corrected chi connectivity index (χ3v) is 2.16. The van der Waals surface area contributed by atoms with Gasteiger partial charge in [0.1, 0.15) is 0 Å². The molecule has 76 valence electrons. The van der Waals surface area contributed by atoms with E-state index in [0.717, 1.165) is 31.2 Å². The molecule has 2 N–H and O–H groups in total. The lowest BCUT2D eigenvalue weighted by Crippen LogP contribution is -1.85. The number of hydrogen-bond acceptors (Lipinski definition) is 2. The smallest absolute Gasteiger partial charge is 0.157 e. The number of unbranched alkanes of at least 4 members (excludes halogenated alkanes) is 2. The molecule has 0 bridgehead atoms. The number of aromatic hydroxyl groups is 2. The van der Waals surface area contributed by atoms with Gasteiger partial charge in [-0.05, 0) is 43.4 Å². The summed E-state index contributed by atoms with van der Waals surface area (Å²) in [6.07, 6.45) is 6.07. The molecule has 14 heavy (non-hydrogen) atoms. The highest BCUT2D eigenvalue weighted by atomic mass is 16.3. The second kappa shape index (κ2) is 5.32. The van der Waals surface area contributed by atoms with Crippen LogP contribution in [0.25, 0.3) is 0 Å². The molecule has 0 aromatic heterocycles. The average molecular weight is 192 g/mol. The van der Waals surface area contributed by atoms with Crippen LogP contribution in [0.2, 0.25) is 0 Å². The molecule has 0 saturated heterocycles. The molecule has 0 atom stereocenters. The summed E-state index contributed by atoms with van der Waals surface area (Å²) in [5.41, 5.74) is 1.06. The number of hydrogen-bond donors (Lipinski definition) is 2. The summed E-state index contributed by atoms with van der Waals surface area (Å²) in [5.74, 6) is -0.0916. The third-order valence-electron chi connectivity index (χ3n) is 2.16. The lowest BCUT2D eigenvalue weighted by atomic mass is 10.1. The molecule has 0 heterocycles. The standard InChI is InChI=1S/C12H16O2/c1-2-3-4-5-6-10-7-8-11(13)12(14)9-10/h2,7-9,13-14H,1,3-6H2. The molecule has 0 unspecified atom stereocenters. The van der Waals surface area contributed by atoms with E-state index in [2.05, 4.69) is 6.58 Å². The quantitative estimate of drug-likeness (QED) is 0.427. The summed E-state index contributed by atoms with van der Waals surface area (Å²) >= 11 is 0. The van der Waals surface area contributed by atoms with Crippen molar-refractivity contribution >= 4 is 0 Å². The van der Waals surface area contributed by atoms with Crippen LogP contribution in [-0.2, 0) is 6.42 Å². The van der Waals surface area contributed by atoms with Crippen molar-refractivity contribution in [3.05, 3.63) is 36.4 Å². The molecule has 0 aliphatic rings. The zero-order valence-corrected chi connectivity index (χ0v) is 8.24. The molecule has 0 spiro atoms. The Hall–Kier alpha value is -1.44. The Labute approximate surface area is 84.5 Å². The van der Waals surface area contributed by atoms with Crippen LogP contribution in [0.15, 0.2) is 30.9 Å². The maximum atomic E-state index is 9.24. The van der Waals surface area contributed by atoms with Gasteiger partial charge in [-0.3, -0.25) is 0 Å². The number of phenolic OH excluding ortho intramolecular Hbond substituents is 2. The molecule has 0 aliphatic carbocycles. The van der Waals surface area contributed by atoms with E-state index in [1.54, 1.807) is 6.07 Å². The van der Waals surface area contributed by atoms with Gasteiger partial charge in [0.2, 0.25) is 0 Å². The molecule has 1 aromatic rings. The zero-order valence-electron chi connectivity index (χ0n) is 8.24. The molecule has 0 fully saturated rings. The van der Waals surface area contributed by atoms with Crippen molar-refractivity contribution in [3.63, 3.8) is 0 Å². The molecular formula is C12H16O2. The number of phenols is 2. The molecule has 0 amide bonds. The van der Waals surface area contributed by atoms with Gasteiger partial charge < -0.3 is 10.2 Å². The SMILES string of the molecule is C=CCCCCc1ccc(O)c(O)c1. The normalized spacial score (nSPS) is 10.0. The molecule has 1 aromatic carbocycles. The molecule has 0 saturated carbocycles. The minimum absolute atomic E-state index is 0.0359. The Morgan fingerprint density at radius 2 is 1.93 bits per heavy atom. The monoisotopic (exact) mass is 192 g/mol. The molecule has 2 nitrogen and oxygen atoms in total. The lowest BCUT2D eigenvalue weighted by molar-refractivity contribution is 0.403. The van der Waals surface area contributed by atoms with Crippen molar-refractivity contribution in [3.8, 4) is 11.5 Å². The minimum atomic E-state index is -0.0557. The van der Waals surface area contributed by atoms with E-state index in [1.165, 1.54) is 6.07 Å². The molecule has 1 rings (SSSR count). The summed E-state index contributed by atoms with van der Waals surface area (Å²) in [4.78, 5) is 0. The fourth-order valence-electron chi connectivity index (χ4n) is 1.34. The Bertz CT molecular complexity index is 305. The Morgan fingerprint density at radius 3 is 2.57 bits per heavy atom. The van der Waals surface area contributed by atoms with E-state index in [1.807, 2.05) is 12.1 Å². The highest BCUT2D eigenvalue weighted by Gasteiger charge is 1.99. The van der Waals surface area contributed by atoms with Crippen LogP contribution in [0.1, 0.15) is 24.8 Å². The summed E-state index contributed by atoms with van der Waals surface area (Å²) in [6.45, 7) is 3.66. The lowest BCUT2D eigenvalue weighted by Gasteiger charge is -2.02. The number of allylic oxidation sites excluding steroid dienone is 1. The van der Waals surface area contributed by atoms with Crippen molar-refractivity contribution in [2.24, 2.45) is 0 Å². The number of aryl methyl sites for hydroxylation is 1. The van der Waals surface area contributed by atoms with Crippen LogP contribution in [0.4, 0.5) is 0 Å². The Morgan fingerprint density at radius 1 is 1.14 bits per heavy atom. The molecular weight excluding hydrogens is 176 g/mol. The topological polar surface area (TPSA) is 40.5 Å². The molecule has 0 radical (unpaired) electrons. The zero-order chi connectivity index (χ0) is 10.4. The highest BCUT2D eigenvalue weighted by molar-refractivity contribution is 5.40. The van der Waals surface area contributed by atoms with Crippen molar-refractivity contribution in [1.29, 1.82) is 0 Å². The summed E-state index contributed by atoms with van der Waals surface area (Å²) < 4.78 is 0.